The van der Waals surface area contributed by atoms with Gasteiger partial charge in [0.05, 0.1) is 16.6 Å². The van der Waals surface area contributed by atoms with Crippen LogP contribution in [0.4, 0.5) is 0 Å². The van der Waals surface area contributed by atoms with Crippen LogP contribution in [-0.2, 0) is 14.3 Å². The van der Waals surface area contributed by atoms with Crippen LogP contribution in [0.2, 0.25) is 0 Å². The minimum Gasteiger partial charge on any atom is -0.465 e. The van der Waals surface area contributed by atoms with E-state index in [2.05, 4.69) is 0 Å². The predicted octanol–water partition coefficient (Wildman–Crippen LogP) is 2.25. The lowest BCUT2D eigenvalue weighted by molar-refractivity contribution is -0.148. The molecule has 0 atom stereocenters. The van der Waals surface area contributed by atoms with Gasteiger partial charge in [-0.1, -0.05) is 6.07 Å². The van der Waals surface area contributed by atoms with Gasteiger partial charge in [-0.05, 0) is 25.3 Å². The van der Waals surface area contributed by atoms with Gasteiger partial charge in [-0.2, -0.15) is 0 Å². The maximum Gasteiger partial charge on any atom is 0.325 e. The number of likely N-dealkylation sites (N-methyl/N-ethyl adjacent to an activating group) is 1. The molecule has 0 aliphatic carbocycles. The van der Waals surface area contributed by atoms with E-state index < -0.39 is 0 Å². The minimum absolute atomic E-state index is 0.0359. The molecule has 0 spiro atoms. The first-order chi connectivity index (χ1) is 8.67. The number of thiophene rings is 1. The zero-order valence-electron chi connectivity index (χ0n) is 10.5. The molecule has 0 fully saturated rings. The van der Waals surface area contributed by atoms with Crippen molar-refractivity contribution in [3.8, 4) is 0 Å². The highest BCUT2D eigenvalue weighted by molar-refractivity contribution is 8.01. The summed E-state index contributed by atoms with van der Waals surface area (Å²) >= 11 is 3.10. The molecular formula is C12H17NO3S2. The highest BCUT2D eigenvalue weighted by Crippen LogP contribution is 2.23. The van der Waals surface area contributed by atoms with E-state index >= 15 is 0 Å². The second-order valence-electron chi connectivity index (χ2n) is 3.43. The van der Waals surface area contributed by atoms with Crippen LogP contribution < -0.4 is 0 Å². The Labute approximate surface area is 115 Å². The van der Waals surface area contributed by atoms with E-state index in [0.717, 1.165) is 4.21 Å². The molecule has 0 N–H and O–H groups in total. The van der Waals surface area contributed by atoms with Crippen molar-refractivity contribution in [1.29, 1.82) is 0 Å². The van der Waals surface area contributed by atoms with Crippen molar-refractivity contribution in [3.63, 3.8) is 0 Å². The van der Waals surface area contributed by atoms with E-state index in [0.29, 0.717) is 18.9 Å². The number of nitrogens with zero attached hydrogens (tertiary/aromatic N) is 1. The summed E-state index contributed by atoms with van der Waals surface area (Å²) in [6.45, 7) is 4.50. The van der Waals surface area contributed by atoms with Gasteiger partial charge >= 0.3 is 5.97 Å². The number of hydrogen-bond donors (Lipinski definition) is 0. The molecule has 1 aromatic rings. The van der Waals surface area contributed by atoms with Crippen molar-refractivity contribution >= 4 is 35.0 Å². The molecule has 0 aromatic carbocycles. The minimum atomic E-state index is -0.353. The molecule has 0 unspecified atom stereocenters. The SMILES string of the molecule is CCOC(=O)CN(CC)C(=O)CSc1cccs1. The highest BCUT2D eigenvalue weighted by atomic mass is 32.2. The molecule has 4 nitrogen and oxygen atoms in total. The van der Waals surface area contributed by atoms with E-state index in [1.807, 2.05) is 24.4 Å². The smallest absolute Gasteiger partial charge is 0.325 e. The molecule has 1 amide bonds. The van der Waals surface area contributed by atoms with Gasteiger partial charge in [-0.15, -0.1) is 23.1 Å². The zero-order chi connectivity index (χ0) is 13.4. The summed E-state index contributed by atoms with van der Waals surface area (Å²) in [5.41, 5.74) is 0. The third-order valence-corrected chi connectivity index (χ3v) is 4.31. The first kappa shape index (κ1) is 15.0. The fraction of sp³-hybridized carbons (Fsp3) is 0.500. The van der Waals surface area contributed by atoms with Crippen LogP contribution >= 0.6 is 23.1 Å². The van der Waals surface area contributed by atoms with Crippen LogP contribution in [0.3, 0.4) is 0 Å². The fourth-order valence-electron chi connectivity index (χ4n) is 1.31. The summed E-state index contributed by atoms with van der Waals surface area (Å²) in [5, 5.41) is 1.98. The van der Waals surface area contributed by atoms with E-state index in [1.54, 1.807) is 18.3 Å². The summed E-state index contributed by atoms with van der Waals surface area (Å²) in [4.78, 5) is 24.8. The molecule has 1 heterocycles. The average molecular weight is 287 g/mol. The van der Waals surface area contributed by atoms with Gasteiger partial charge in [-0.3, -0.25) is 9.59 Å². The maximum absolute atomic E-state index is 11.9. The number of esters is 1. The lowest BCUT2D eigenvalue weighted by atomic mass is 10.4. The highest BCUT2D eigenvalue weighted by Gasteiger charge is 2.16. The first-order valence-electron chi connectivity index (χ1n) is 5.77. The van der Waals surface area contributed by atoms with Crippen LogP contribution in [0.25, 0.3) is 0 Å². The summed E-state index contributed by atoms with van der Waals surface area (Å²) in [7, 11) is 0. The molecule has 0 radical (unpaired) electrons. The quantitative estimate of drug-likeness (QED) is 0.570. The third kappa shape index (κ3) is 5.10. The average Bonchev–Trinajstić information content (AvgIpc) is 2.86. The normalized spacial score (nSPS) is 10.1. The molecule has 0 aliphatic heterocycles. The predicted molar refractivity (Wildman–Crippen MR) is 73.9 cm³/mol. The van der Waals surface area contributed by atoms with Crippen molar-refractivity contribution in [3.05, 3.63) is 17.5 Å². The largest absolute Gasteiger partial charge is 0.465 e. The van der Waals surface area contributed by atoms with E-state index in [9.17, 15) is 9.59 Å². The second-order valence-corrected chi connectivity index (χ2v) is 5.66. The zero-order valence-corrected chi connectivity index (χ0v) is 12.2. The number of carbonyl (C=O) groups excluding carboxylic acids is 2. The Kier molecular flexibility index (Phi) is 6.82. The molecule has 100 valence electrons. The summed E-state index contributed by atoms with van der Waals surface area (Å²) in [6, 6.07) is 3.93. The van der Waals surface area contributed by atoms with E-state index in [1.165, 1.54) is 16.7 Å². The summed E-state index contributed by atoms with van der Waals surface area (Å²) in [6.07, 6.45) is 0. The molecule has 6 heteroatoms. The number of carbonyl (C=O) groups is 2. The van der Waals surface area contributed by atoms with Crippen LogP contribution in [0.15, 0.2) is 21.7 Å². The van der Waals surface area contributed by atoms with E-state index in [4.69, 9.17) is 4.74 Å². The Bertz CT molecular complexity index is 379. The standard InChI is InChI=1S/C12H17NO3S2/c1-3-13(8-11(15)16-4-2)10(14)9-18-12-6-5-7-17-12/h5-7H,3-4,8-9H2,1-2H3. The van der Waals surface area contributed by atoms with Crippen molar-refractivity contribution in [1.82, 2.24) is 4.90 Å². The molecule has 0 saturated heterocycles. The van der Waals surface area contributed by atoms with Crippen LogP contribution in [0.5, 0.6) is 0 Å². The van der Waals surface area contributed by atoms with Gasteiger partial charge in [-0.25, -0.2) is 0 Å². The van der Waals surface area contributed by atoms with Crippen molar-refractivity contribution in [2.24, 2.45) is 0 Å². The molecule has 1 aromatic heterocycles. The third-order valence-electron chi connectivity index (χ3n) is 2.19. The Morgan fingerprint density at radius 2 is 2.22 bits per heavy atom. The Hall–Kier alpha value is -1.01. The lowest BCUT2D eigenvalue weighted by Crippen LogP contribution is -2.37. The number of ether oxygens (including phenoxy) is 1. The molecule has 0 aliphatic rings. The first-order valence-corrected chi connectivity index (χ1v) is 7.63. The molecule has 18 heavy (non-hydrogen) atoms. The van der Waals surface area contributed by atoms with Crippen molar-refractivity contribution < 1.29 is 14.3 Å². The Morgan fingerprint density at radius 1 is 1.44 bits per heavy atom. The molecular weight excluding hydrogens is 270 g/mol. The van der Waals surface area contributed by atoms with Gasteiger partial charge in [0.1, 0.15) is 6.54 Å². The Morgan fingerprint density at radius 3 is 2.78 bits per heavy atom. The number of hydrogen-bond acceptors (Lipinski definition) is 5. The monoisotopic (exact) mass is 287 g/mol. The van der Waals surface area contributed by atoms with E-state index in [-0.39, 0.29) is 18.4 Å². The second kappa shape index (κ2) is 8.16. The van der Waals surface area contributed by atoms with Crippen LogP contribution in [-0.4, -0.2) is 42.2 Å². The summed E-state index contributed by atoms with van der Waals surface area (Å²) < 4.78 is 5.94. The van der Waals surface area contributed by atoms with Gasteiger partial charge in [0.25, 0.3) is 0 Å². The van der Waals surface area contributed by atoms with Crippen molar-refractivity contribution in [2.75, 3.05) is 25.4 Å². The lowest BCUT2D eigenvalue weighted by Gasteiger charge is -2.19. The fourth-order valence-corrected chi connectivity index (χ4v) is 3.00. The Balaban J connectivity index is 2.39. The summed E-state index contributed by atoms with van der Waals surface area (Å²) in [5.74, 6) is -0.0360. The number of thioether (sulfide) groups is 1. The van der Waals surface area contributed by atoms with Crippen LogP contribution in [0, 0.1) is 0 Å². The van der Waals surface area contributed by atoms with Gasteiger partial charge in [0.2, 0.25) is 5.91 Å². The van der Waals surface area contributed by atoms with Gasteiger partial charge < -0.3 is 9.64 Å². The maximum atomic E-state index is 11.9. The van der Waals surface area contributed by atoms with Gasteiger partial charge in [0.15, 0.2) is 0 Å². The molecule has 1 rings (SSSR count). The topological polar surface area (TPSA) is 46.6 Å². The van der Waals surface area contributed by atoms with Crippen molar-refractivity contribution in [2.45, 2.75) is 18.1 Å². The number of rotatable bonds is 7. The van der Waals surface area contributed by atoms with Crippen LogP contribution in [0.1, 0.15) is 13.8 Å². The molecule has 0 saturated carbocycles. The number of amides is 1. The molecule has 0 bridgehead atoms. The van der Waals surface area contributed by atoms with Gasteiger partial charge in [0, 0.05) is 6.54 Å².